The van der Waals surface area contributed by atoms with Gasteiger partial charge in [-0.05, 0) is 73.8 Å². The zero-order chi connectivity index (χ0) is 24.7. The molecule has 0 fully saturated rings. The average Bonchev–Trinajstić information content (AvgIpc) is 2.80. The largest absolute Gasteiger partial charge is 0.448 e. The Kier molecular flexibility index (Phi) is 8.39. The van der Waals surface area contributed by atoms with E-state index in [0.29, 0.717) is 29.2 Å². The lowest BCUT2D eigenvalue weighted by atomic mass is 10.0. The molecule has 34 heavy (non-hydrogen) atoms. The molecular weight excluding hydrogens is 452 g/mol. The topological polar surface area (TPSA) is 114 Å². The van der Waals surface area contributed by atoms with Crippen LogP contribution in [0.3, 0.4) is 0 Å². The van der Waals surface area contributed by atoms with Gasteiger partial charge in [-0.25, -0.2) is 4.79 Å². The van der Waals surface area contributed by atoms with Gasteiger partial charge in [0.2, 0.25) is 0 Å². The van der Waals surface area contributed by atoms with Crippen molar-refractivity contribution in [3.05, 3.63) is 72.3 Å². The summed E-state index contributed by atoms with van der Waals surface area (Å²) in [5.74, 6) is -0.333. The Hall–Kier alpha value is -3.69. The first-order chi connectivity index (χ1) is 16.2. The standard InChI is InChI=1S/C25H28N4O4S/c1-29(2)14-15-33-25(31)27-20-9-4-18(5-10-20)24(30)28-23-16-19(8-13-22(23)26)17-6-11-21(12-7-17)34(3)32/h4-13,16H,14-15,26H2,1-3H3,(H,27,31)(H,28,30). The van der Waals surface area contributed by atoms with E-state index in [2.05, 4.69) is 10.6 Å². The van der Waals surface area contributed by atoms with Crippen molar-refractivity contribution in [3.8, 4) is 11.1 Å². The molecule has 1 atom stereocenters. The van der Waals surface area contributed by atoms with Crippen molar-refractivity contribution in [2.75, 3.05) is 49.9 Å². The van der Waals surface area contributed by atoms with E-state index < -0.39 is 16.9 Å². The number of nitrogens with one attached hydrogen (secondary N) is 2. The molecule has 178 valence electrons. The van der Waals surface area contributed by atoms with Crippen LogP contribution >= 0.6 is 0 Å². The number of anilines is 3. The number of nitrogens with zero attached hydrogens (tertiary/aromatic N) is 1. The maximum atomic E-state index is 12.8. The fraction of sp³-hybridized carbons (Fsp3) is 0.200. The molecule has 0 radical (unpaired) electrons. The van der Waals surface area contributed by atoms with Crippen LogP contribution in [-0.4, -0.2) is 54.6 Å². The Balaban J connectivity index is 1.65. The van der Waals surface area contributed by atoms with Crippen LogP contribution in [0.4, 0.5) is 21.9 Å². The fourth-order valence-corrected chi connectivity index (χ4v) is 3.58. The molecule has 8 nitrogen and oxygen atoms in total. The van der Waals surface area contributed by atoms with E-state index in [1.165, 1.54) is 0 Å². The number of amides is 2. The zero-order valence-electron chi connectivity index (χ0n) is 19.3. The van der Waals surface area contributed by atoms with Gasteiger partial charge in [-0.1, -0.05) is 18.2 Å². The molecule has 0 aliphatic rings. The lowest BCUT2D eigenvalue weighted by Crippen LogP contribution is -2.22. The summed E-state index contributed by atoms with van der Waals surface area (Å²) in [6.45, 7) is 0.907. The number of benzene rings is 3. The maximum absolute atomic E-state index is 12.8. The van der Waals surface area contributed by atoms with Crippen molar-refractivity contribution in [2.45, 2.75) is 4.90 Å². The molecule has 3 rings (SSSR count). The fourth-order valence-electron chi connectivity index (χ4n) is 3.06. The first kappa shape index (κ1) is 24.9. The number of nitrogen functional groups attached to an aromatic ring is 1. The minimum Gasteiger partial charge on any atom is -0.448 e. The van der Waals surface area contributed by atoms with Gasteiger partial charge in [0.1, 0.15) is 6.61 Å². The summed E-state index contributed by atoms with van der Waals surface area (Å²) >= 11 is 0. The number of hydrogen-bond acceptors (Lipinski definition) is 6. The van der Waals surface area contributed by atoms with Crippen molar-refractivity contribution in [3.63, 3.8) is 0 Å². The Morgan fingerprint density at radius 3 is 2.21 bits per heavy atom. The van der Waals surface area contributed by atoms with Crippen molar-refractivity contribution < 1.29 is 18.5 Å². The Labute approximate surface area is 201 Å². The summed E-state index contributed by atoms with van der Waals surface area (Å²) in [4.78, 5) is 27.2. The van der Waals surface area contributed by atoms with Crippen LogP contribution in [0.25, 0.3) is 11.1 Å². The Bertz CT molecular complexity index is 1180. The third kappa shape index (κ3) is 6.90. The van der Waals surface area contributed by atoms with Crippen LogP contribution in [0.5, 0.6) is 0 Å². The highest BCUT2D eigenvalue weighted by Gasteiger charge is 2.11. The molecule has 1 unspecified atom stereocenters. The number of ether oxygens (including phenoxy) is 1. The third-order valence-electron chi connectivity index (χ3n) is 4.99. The Morgan fingerprint density at radius 1 is 0.941 bits per heavy atom. The molecule has 0 aliphatic heterocycles. The van der Waals surface area contributed by atoms with Crippen LogP contribution in [0.1, 0.15) is 10.4 Å². The molecule has 0 aromatic heterocycles. The number of carbonyl (C=O) groups excluding carboxylic acids is 2. The monoisotopic (exact) mass is 480 g/mol. The van der Waals surface area contributed by atoms with E-state index in [4.69, 9.17) is 10.5 Å². The van der Waals surface area contributed by atoms with Gasteiger partial charge in [0, 0.05) is 39.7 Å². The lowest BCUT2D eigenvalue weighted by Gasteiger charge is -2.12. The molecule has 0 saturated carbocycles. The second-order valence-electron chi connectivity index (χ2n) is 7.88. The van der Waals surface area contributed by atoms with Crippen molar-refractivity contribution in [1.29, 1.82) is 0 Å². The third-order valence-corrected chi connectivity index (χ3v) is 5.92. The molecule has 0 spiro atoms. The van der Waals surface area contributed by atoms with Gasteiger partial charge in [-0.3, -0.25) is 14.3 Å². The maximum Gasteiger partial charge on any atom is 0.411 e. The molecule has 3 aromatic rings. The van der Waals surface area contributed by atoms with E-state index in [-0.39, 0.29) is 12.5 Å². The zero-order valence-corrected chi connectivity index (χ0v) is 20.1. The second kappa shape index (κ2) is 11.4. The highest BCUT2D eigenvalue weighted by Crippen LogP contribution is 2.28. The minimum absolute atomic E-state index is 0.280. The molecule has 4 N–H and O–H groups in total. The van der Waals surface area contributed by atoms with E-state index in [9.17, 15) is 13.8 Å². The second-order valence-corrected chi connectivity index (χ2v) is 9.26. The van der Waals surface area contributed by atoms with Gasteiger partial charge < -0.3 is 20.7 Å². The lowest BCUT2D eigenvalue weighted by molar-refractivity contribution is 0.102. The van der Waals surface area contributed by atoms with Crippen LogP contribution < -0.4 is 16.4 Å². The summed E-state index contributed by atoms with van der Waals surface area (Å²) < 4.78 is 16.7. The predicted molar refractivity (Wildman–Crippen MR) is 137 cm³/mol. The van der Waals surface area contributed by atoms with Crippen LogP contribution in [0, 0.1) is 0 Å². The Morgan fingerprint density at radius 2 is 1.59 bits per heavy atom. The molecule has 0 bridgehead atoms. The number of likely N-dealkylation sites (N-methyl/N-ethyl adjacent to an activating group) is 1. The summed E-state index contributed by atoms with van der Waals surface area (Å²) in [5.41, 5.74) is 9.70. The van der Waals surface area contributed by atoms with E-state index in [1.807, 2.05) is 49.3 Å². The van der Waals surface area contributed by atoms with Gasteiger partial charge in [-0.15, -0.1) is 0 Å². The van der Waals surface area contributed by atoms with Crippen molar-refractivity contribution >= 4 is 39.9 Å². The summed E-state index contributed by atoms with van der Waals surface area (Å²) in [5, 5.41) is 5.46. The predicted octanol–water partition coefficient (Wildman–Crippen LogP) is 4.04. The summed E-state index contributed by atoms with van der Waals surface area (Å²) in [7, 11) is 2.73. The molecule has 2 amide bonds. The molecule has 0 saturated heterocycles. The SMILES string of the molecule is CN(C)CCOC(=O)Nc1ccc(C(=O)Nc2cc(-c3ccc(S(C)=O)cc3)ccc2N)cc1. The highest BCUT2D eigenvalue weighted by atomic mass is 32.2. The van der Waals surface area contributed by atoms with Gasteiger partial charge in [0.15, 0.2) is 0 Å². The van der Waals surface area contributed by atoms with Crippen molar-refractivity contribution in [2.24, 2.45) is 0 Å². The highest BCUT2D eigenvalue weighted by molar-refractivity contribution is 7.84. The number of carbonyl (C=O) groups is 2. The number of hydrogen-bond donors (Lipinski definition) is 3. The van der Waals surface area contributed by atoms with Gasteiger partial charge in [0.25, 0.3) is 5.91 Å². The van der Waals surface area contributed by atoms with Crippen LogP contribution in [-0.2, 0) is 15.5 Å². The first-order valence-corrected chi connectivity index (χ1v) is 12.1. The molecule has 9 heteroatoms. The molecule has 0 heterocycles. The average molecular weight is 481 g/mol. The molecule has 0 aliphatic carbocycles. The van der Waals surface area contributed by atoms with E-state index >= 15 is 0 Å². The number of rotatable bonds is 8. The van der Waals surface area contributed by atoms with Crippen LogP contribution in [0.2, 0.25) is 0 Å². The molecular formula is C25H28N4O4S. The first-order valence-electron chi connectivity index (χ1n) is 10.6. The van der Waals surface area contributed by atoms with Gasteiger partial charge >= 0.3 is 6.09 Å². The number of nitrogens with two attached hydrogens (primary N) is 1. The van der Waals surface area contributed by atoms with Crippen LogP contribution in [0.15, 0.2) is 71.6 Å². The smallest absolute Gasteiger partial charge is 0.411 e. The van der Waals surface area contributed by atoms with E-state index in [1.54, 1.807) is 42.7 Å². The van der Waals surface area contributed by atoms with Gasteiger partial charge in [-0.2, -0.15) is 0 Å². The van der Waals surface area contributed by atoms with Crippen molar-refractivity contribution in [1.82, 2.24) is 4.90 Å². The minimum atomic E-state index is -1.05. The quantitative estimate of drug-likeness (QED) is 0.420. The normalized spacial score (nSPS) is 11.6. The summed E-state index contributed by atoms with van der Waals surface area (Å²) in [6.07, 6.45) is 1.08. The van der Waals surface area contributed by atoms with E-state index in [0.717, 1.165) is 16.0 Å². The summed E-state index contributed by atoms with van der Waals surface area (Å²) in [6, 6.07) is 19.2. The molecule has 3 aromatic carbocycles. The van der Waals surface area contributed by atoms with Gasteiger partial charge in [0.05, 0.1) is 11.4 Å².